The topological polar surface area (TPSA) is 65.4 Å². The summed E-state index contributed by atoms with van der Waals surface area (Å²) in [5, 5.41) is 0. The van der Waals surface area contributed by atoms with Gasteiger partial charge in [0.15, 0.2) is 0 Å². The van der Waals surface area contributed by atoms with Gasteiger partial charge in [-0.05, 0) is 37.1 Å². The summed E-state index contributed by atoms with van der Waals surface area (Å²) in [7, 11) is 0. The Kier molecular flexibility index (Phi) is 3.10. The number of fused-ring (bicyclic) bond motifs is 1. The van der Waals surface area contributed by atoms with Crippen LogP contribution >= 0.6 is 15.9 Å². The zero-order chi connectivity index (χ0) is 14.3. The lowest BCUT2D eigenvalue weighted by atomic mass is 10.1. The van der Waals surface area contributed by atoms with Crippen LogP contribution in [0.4, 0.5) is 5.82 Å². The number of halogens is 1. The number of ether oxygens (including phenoxy) is 1. The van der Waals surface area contributed by atoms with Crippen LogP contribution in [0.5, 0.6) is 11.6 Å². The van der Waals surface area contributed by atoms with Crippen molar-refractivity contribution in [3.8, 4) is 11.6 Å². The second-order valence-electron chi connectivity index (χ2n) is 4.60. The molecule has 0 radical (unpaired) electrons. The molecule has 2 aromatic heterocycles. The molecule has 0 amide bonds. The molecule has 0 aliphatic carbocycles. The summed E-state index contributed by atoms with van der Waals surface area (Å²) < 4.78 is 8.72. The molecule has 20 heavy (non-hydrogen) atoms. The molecule has 0 bridgehead atoms. The van der Waals surface area contributed by atoms with E-state index >= 15 is 0 Å². The molecule has 0 unspecified atom stereocenters. The average molecular weight is 333 g/mol. The Labute approximate surface area is 124 Å². The van der Waals surface area contributed by atoms with E-state index < -0.39 is 0 Å². The molecular formula is C14H13BrN4O. The van der Waals surface area contributed by atoms with E-state index in [2.05, 4.69) is 25.9 Å². The van der Waals surface area contributed by atoms with Gasteiger partial charge in [0.25, 0.3) is 5.88 Å². The third kappa shape index (κ3) is 2.22. The van der Waals surface area contributed by atoms with E-state index in [9.17, 15) is 0 Å². The zero-order valence-electron chi connectivity index (χ0n) is 11.1. The van der Waals surface area contributed by atoms with Crippen molar-refractivity contribution in [1.29, 1.82) is 0 Å². The van der Waals surface area contributed by atoms with Crippen molar-refractivity contribution in [2.24, 2.45) is 0 Å². The SMILES string of the molecule is Cc1cc(Oc2nc(N)cn3ccnc23)cc(C)c1Br. The van der Waals surface area contributed by atoms with Crippen LogP contribution in [0.3, 0.4) is 0 Å². The first-order valence-corrected chi connectivity index (χ1v) is 6.87. The molecule has 1 aromatic carbocycles. The maximum Gasteiger partial charge on any atom is 0.265 e. The molecule has 0 saturated carbocycles. The summed E-state index contributed by atoms with van der Waals surface area (Å²) in [6.07, 6.45) is 5.19. The van der Waals surface area contributed by atoms with Gasteiger partial charge in [0, 0.05) is 16.9 Å². The Balaban J connectivity index is 2.07. The molecule has 0 aliphatic rings. The van der Waals surface area contributed by atoms with Gasteiger partial charge in [-0.2, -0.15) is 4.98 Å². The lowest BCUT2D eigenvalue weighted by Crippen LogP contribution is -1.99. The number of aromatic nitrogens is 3. The van der Waals surface area contributed by atoms with Gasteiger partial charge in [-0.25, -0.2) is 4.98 Å². The highest BCUT2D eigenvalue weighted by atomic mass is 79.9. The lowest BCUT2D eigenvalue weighted by Gasteiger charge is -2.10. The van der Waals surface area contributed by atoms with Crippen molar-refractivity contribution in [3.63, 3.8) is 0 Å². The molecule has 3 rings (SSSR count). The molecular weight excluding hydrogens is 320 g/mol. The van der Waals surface area contributed by atoms with Crippen LogP contribution in [0.25, 0.3) is 5.65 Å². The first kappa shape index (κ1) is 12.9. The molecule has 3 aromatic rings. The fraction of sp³-hybridized carbons (Fsp3) is 0.143. The Morgan fingerprint density at radius 2 is 1.95 bits per heavy atom. The van der Waals surface area contributed by atoms with Crippen molar-refractivity contribution in [1.82, 2.24) is 14.4 Å². The molecule has 0 aliphatic heterocycles. The van der Waals surface area contributed by atoms with Gasteiger partial charge < -0.3 is 10.5 Å². The molecule has 102 valence electrons. The number of nitrogen functional groups attached to an aromatic ring is 1. The van der Waals surface area contributed by atoms with E-state index in [1.165, 1.54) is 0 Å². The monoisotopic (exact) mass is 332 g/mol. The minimum Gasteiger partial charge on any atom is -0.436 e. The minimum atomic E-state index is 0.385. The Morgan fingerprint density at radius 3 is 2.65 bits per heavy atom. The predicted molar refractivity (Wildman–Crippen MR) is 81.1 cm³/mol. The van der Waals surface area contributed by atoms with Gasteiger partial charge in [0.2, 0.25) is 5.65 Å². The van der Waals surface area contributed by atoms with E-state index in [1.807, 2.05) is 26.0 Å². The molecule has 0 atom stereocenters. The summed E-state index contributed by atoms with van der Waals surface area (Å²) >= 11 is 3.54. The highest BCUT2D eigenvalue weighted by Crippen LogP contribution is 2.30. The Bertz CT molecular complexity index is 774. The number of benzene rings is 1. The summed E-state index contributed by atoms with van der Waals surface area (Å²) in [5.74, 6) is 1.50. The highest BCUT2D eigenvalue weighted by Gasteiger charge is 2.10. The van der Waals surface area contributed by atoms with Gasteiger partial charge in [-0.3, -0.25) is 4.40 Å². The summed E-state index contributed by atoms with van der Waals surface area (Å²) in [5.41, 5.74) is 8.61. The predicted octanol–water partition coefficient (Wildman–Crippen LogP) is 3.48. The second kappa shape index (κ2) is 4.79. The number of hydrogen-bond donors (Lipinski definition) is 1. The van der Waals surface area contributed by atoms with E-state index in [0.29, 0.717) is 23.1 Å². The fourth-order valence-corrected chi connectivity index (χ4v) is 2.30. The number of nitrogens with two attached hydrogens (primary N) is 1. The molecule has 0 fully saturated rings. The molecule has 6 heteroatoms. The standard InChI is InChI=1S/C14H13BrN4O/c1-8-5-10(6-9(2)12(8)15)20-14-13-17-3-4-19(13)7-11(16)18-14/h3-7H,16H2,1-2H3. The normalized spacial score (nSPS) is 10.9. The largest absolute Gasteiger partial charge is 0.436 e. The minimum absolute atomic E-state index is 0.385. The number of aryl methyl sites for hydroxylation is 2. The number of nitrogens with zero attached hydrogens (tertiary/aromatic N) is 3. The van der Waals surface area contributed by atoms with Crippen LogP contribution in [-0.2, 0) is 0 Å². The molecule has 0 spiro atoms. The van der Waals surface area contributed by atoms with Crippen LogP contribution in [-0.4, -0.2) is 14.4 Å². The van der Waals surface area contributed by atoms with Gasteiger partial charge in [-0.1, -0.05) is 15.9 Å². The number of anilines is 1. The summed E-state index contributed by atoms with van der Waals surface area (Å²) in [4.78, 5) is 8.44. The third-order valence-electron chi connectivity index (χ3n) is 2.99. The van der Waals surface area contributed by atoms with Crippen LogP contribution in [0, 0.1) is 13.8 Å². The first-order chi connectivity index (χ1) is 9.54. The van der Waals surface area contributed by atoms with Crippen molar-refractivity contribution in [2.45, 2.75) is 13.8 Å². The van der Waals surface area contributed by atoms with Gasteiger partial charge >= 0.3 is 0 Å². The second-order valence-corrected chi connectivity index (χ2v) is 5.40. The maximum absolute atomic E-state index is 5.85. The molecule has 2 heterocycles. The average Bonchev–Trinajstić information content (AvgIpc) is 2.84. The first-order valence-electron chi connectivity index (χ1n) is 6.08. The van der Waals surface area contributed by atoms with E-state index in [1.54, 1.807) is 23.0 Å². The molecule has 0 saturated heterocycles. The summed E-state index contributed by atoms with van der Waals surface area (Å²) in [6, 6.07) is 3.89. The Morgan fingerprint density at radius 1 is 1.25 bits per heavy atom. The van der Waals surface area contributed by atoms with Gasteiger partial charge in [-0.15, -0.1) is 0 Å². The van der Waals surface area contributed by atoms with Gasteiger partial charge in [0.05, 0.1) is 6.20 Å². The fourth-order valence-electron chi connectivity index (χ4n) is 2.07. The van der Waals surface area contributed by atoms with Crippen molar-refractivity contribution >= 4 is 27.4 Å². The highest BCUT2D eigenvalue weighted by molar-refractivity contribution is 9.10. The molecule has 2 N–H and O–H groups in total. The number of imidazole rings is 1. The van der Waals surface area contributed by atoms with Crippen LogP contribution in [0.15, 0.2) is 35.2 Å². The number of hydrogen-bond acceptors (Lipinski definition) is 4. The summed E-state index contributed by atoms with van der Waals surface area (Å²) in [6.45, 7) is 4.03. The van der Waals surface area contributed by atoms with Gasteiger partial charge in [0.1, 0.15) is 11.6 Å². The van der Waals surface area contributed by atoms with E-state index in [-0.39, 0.29) is 0 Å². The van der Waals surface area contributed by atoms with Crippen molar-refractivity contribution < 1.29 is 4.74 Å². The van der Waals surface area contributed by atoms with Crippen LogP contribution in [0.2, 0.25) is 0 Å². The maximum atomic E-state index is 5.85. The van der Waals surface area contributed by atoms with Crippen LogP contribution < -0.4 is 10.5 Å². The molecule has 5 nitrogen and oxygen atoms in total. The van der Waals surface area contributed by atoms with Crippen molar-refractivity contribution in [2.75, 3.05) is 5.73 Å². The lowest BCUT2D eigenvalue weighted by molar-refractivity contribution is 0.465. The van der Waals surface area contributed by atoms with E-state index in [0.717, 1.165) is 15.6 Å². The van der Waals surface area contributed by atoms with Crippen molar-refractivity contribution in [3.05, 3.63) is 46.3 Å². The number of rotatable bonds is 2. The third-order valence-corrected chi connectivity index (χ3v) is 4.24. The Hall–Kier alpha value is -2.08. The van der Waals surface area contributed by atoms with Crippen LogP contribution in [0.1, 0.15) is 11.1 Å². The zero-order valence-corrected chi connectivity index (χ0v) is 12.7. The smallest absolute Gasteiger partial charge is 0.265 e. The quantitative estimate of drug-likeness (QED) is 0.780. The van der Waals surface area contributed by atoms with E-state index in [4.69, 9.17) is 10.5 Å².